The highest BCUT2D eigenvalue weighted by atomic mass is 127. The van der Waals surface area contributed by atoms with Gasteiger partial charge in [0.25, 0.3) is 0 Å². The number of pyridine rings is 1. The first-order chi connectivity index (χ1) is 11.3. The van der Waals surface area contributed by atoms with Crippen molar-refractivity contribution < 1.29 is 9.47 Å². The highest BCUT2D eigenvalue weighted by Gasteiger charge is 2.21. The largest absolute Gasteiger partial charge is 0.493 e. The van der Waals surface area contributed by atoms with Gasteiger partial charge in [-0.25, -0.2) is 9.98 Å². The van der Waals surface area contributed by atoms with Crippen molar-refractivity contribution in [3.05, 3.63) is 53.7 Å². The Bertz CT molecular complexity index is 708. The van der Waals surface area contributed by atoms with Crippen LogP contribution in [-0.2, 0) is 6.54 Å². The summed E-state index contributed by atoms with van der Waals surface area (Å²) < 4.78 is 10.8. The summed E-state index contributed by atoms with van der Waals surface area (Å²) in [6.07, 6.45) is 2.55. The third-order valence-electron chi connectivity index (χ3n) is 3.72. The van der Waals surface area contributed by atoms with Gasteiger partial charge in [-0.2, -0.15) is 0 Å². The van der Waals surface area contributed by atoms with Crippen molar-refractivity contribution in [2.45, 2.75) is 19.0 Å². The highest BCUT2D eigenvalue weighted by molar-refractivity contribution is 14.0. The molecule has 0 saturated carbocycles. The first-order valence-corrected chi connectivity index (χ1v) is 7.53. The van der Waals surface area contributed by atoms with Crippen LogP contribution >= 0.6 is 24.0 Å². The molecular weight excluding hydrogens is 419 g/mol. The number of para-hydroxylation sites is 1. The monoisotopic (exact) mass is 440 g/mol. The van der Waals surface area contributed by atoms with Crippen LogP contribution in [0.15, 0.2) is 47.6 Å². The summed E-state index contributed by atoms with van der Waals surface area (Å²) in [6.45, 7) is 1.14. The highest BCUT2D eigenvalue weighted by Crippen LogP contribution is 2.31. The number of nitrogens with one attached hydrogen (secondary N) is 1. The lowest BCUT2D eigenvalue weighted by Gasteiger charge is -2.26. The lowest BCUT2D eigenvalue weighted by atomic mass is 10.0. The van der Waals surface area contributed by atoms with E-state index in [1.165, 1.54) is 0 Å². The number of hydrogen-bond donors (Lipinski definition) is 2. The molecule has 0 radical (unpaired) electrons. The van der Waals surface area contributed by atoms with Gasteiger partial charge in [-0.15, -0.1) is 24.0 Å². The topological polar surface area (TPSA) is 81.8 Å². The fourth-order valence-electron chi connectivity index (χ4n) is 2.55. The molecule has 3 rings (SSSR count). The maximum atomic E-state index is 6.03. The molecule has 2 heterocycles. The molecule has 1 atom stereocenters. The number of guanidine groups is 1. The van der Waals surface area contributed by atoms with Gasteiger partial charge in [0, 0.05) is 24.2 Å². The van der Waals surface area contributed by atoms with Crippen molar-refractivity contribution in [3.8, 4) is 11.6 Å². The van der Waals surface area contributed by atoms with E-state index in [1.54, 1.807) is 13.3 Å². The van der Waals surface area contributed by atoms with Crippen LogP contribution in [0, 0.1) is 0 Å². The molecule has 0 bridgehead atoms. The van der Waals surface area contributed by atoms with E-state index in [0.29, 0.717) is 25.0 Å². The number of halogens is 1. The average Bonchev–Trinajstić information content (AvgIpc) is 2.60. The lowest BCUT2D eigenvalue weighted by Crippen LogP contribution is -2.37. The van der Waals surface area contributed by atoms with Crippen LogP contribution in [-0.4, -0.2) is 24.7 Å². The van der Waals surface area contributed by atoms with E-state index in [0.717, 1.165) is 23.3 Å². The zero-order chi connectivity index (χ0) is 16.1. The molecular formula is C17H21IN4O2. The predicted molar refractivity (Wildman–Crippen MR) is 104 cm³/mol. The molecule has 0 spiro atoms. The number of aliphatic imine (C=N–C) groups is 1. The van der Waals surface area contributed by atoms with E-state index in [1.807, 2.05) is 36.4 Å². The normalized spacial score (nSPS) is 16.4. The third-order valence-corrected chi connectivity index (χ3v) is 3.72. The van der Waals surface area contributed by atoms with Crippen LogP contribution in [0.5, 0.6) is 11.6 Å². The van der Waals surface area contributed by atoms with Crippen molar-refractivity contribution in [3.63, 3.8) is 0 Å². The molecule has 1 aliphatic heterocycles. The Morgan fingerprint density at radius 1 is 1.42 bits per heavy atom. The SMILES string of the molecule is COc1cc(CN=C(N)NC2CCOc3ccccc32)ccn1.I. The number of nitrogens with zero attached hydrogens (tertiary/aromatic N) is 2. The van der Waals surface area contributed by atoms with E-state index >= 15 is 0 Å². The fraction of sp³-hybridized carbons (Fsp3) is 0.294. The second-order valence-corrected chi connectivity index (χ2v) is 5.28. The molecule has 0 fully saturated rings. The van der Waals surface area contributed by atoms with Gasteiger partial charge in [0.05, 0.1) is 26.3 Å². The van der Waals surface area contributed by atoms with Gasteiger partial charge >= 0.3 is 0 Å². The van der Waals surface area contributed by atoms with Crippen molar-refractivity contribution in [2.75, 3.05) is 13.7 Å². The zero-order valence-corrected chi connectivity index (χ0v) is 15.8. The van der Waals surface area contributed by atoms with Gasteiger partial charge in [-0.1, -0.05) is 18.2 Å². The van der Waals surface area contributed by atoms with Gasteiger partial charge in [-0.05, 0) is 17.7 Å². The lowest BCUT2D eigenvalue weighted by molar-refractivity contribution is 0.262. The Morgan fingerprint density at radius 3 is 3.08 bits per heavy atom. The van der Waals surface area contributed by atoms with Crippen LogP contribution in [0.1, 0.15) is 23.6 Å². The van der Waals surface area contributed by atoms with Gasteiger partial charge in [0.1, 0.15) is 5.75 Å². The summed E-state index contributed by atoms with van der Waals surface area (Å²) in [4.78, 5) is 8.47. The van der Waals surface area contributed by atoms with Gasteiger partial charge < -0.3 is 20.5 Å². The molecule has 1 unspecified atom stereocenters. The van der Waals surface area contributed by atoms with Crippen LogP contribution in [0.25, 0.3) is 0 Å². The van der Waals surface area contributed by atoms with Gasteiger partial charge in [-0.3, -0.25) is 0 Å². The van der Waals surface area contributed by atoms with Crippen molar-refractivity contribution in [2.24, 2.45) is 10.7 Å². The Hall–Kier alpha value is -2.03. The molecule has 0 amide bonds. The summed E-state index contributed by atoms with van der Waals surface area (Å²) in [5.41, 5.74) is 8.14. The maximum absolute atomic E-state index is 6.03. The second kappa shape index (κ2) is 8.72. The summed E-state index contributed by atoms with van der Waals surface area (Å²) in [7, 11) is 1.59. The first-order valence-electron chi connectivity index (χ1n) is 7.53. The predicted octanol–water partition coefficient (Wildman–Crippen LogP) is 2.64. The summed E-state index contributed by atoms with van der Waals surface area (Å²) in [5, 5.41) is 3.27. The number of benzene rings is 1. The van der Waals surface area contributed by atoms with E-state index in [4.69, 9.17) is 15.2 Å². The Morgan fingerprint density at radius 2 is 2.25 bits per heavy atom. The number of fused-ring (bicyclic) bond motifs is 1. The maximum Gasteiger partial charge on any atom is 0.213 e. The molecule has 128 valence electrons. The number of rotatable bonds is 4. The van der Waals surface area contributed by atoms with Crippen molar-refractivity contribution in [1.29, 1.82) is 0 Å². The molecule has 0 aliphatic carbocycles. The number of aromatic nitrogens is 1. The van der Waals surface area contributed by atoms with Crippen LogP contribution in [0.4, 0.5) is 0 Å². The van der Waals surface area contributed by atoms with Gasteiger partial charge in [0.15, 0.2) is 5.96 Å². The molecule has 1 aromatic heterocycles. The van der Waals surface area contributed by atoms with E-state index < -0.39 is 0 Å². The van der Waals surface area contributed by atoms with E-state index in [2.05, 4.69) is 15.3 Å². The first kappa shape index (κ1) is 18.3. The minimum atomic E-state index is 0. The van der Waals surface area contributed by atoms with Crippen LogP contribution < -0.4 is 20.5 Å². The quantitative estimate of drug-likeness (QED) is 0.434. The van der Waals surface area contributed by atoms with Crippen LogP contribution in [0.3, 0.4) is 0 Å². The minimum absolute atomic E-state index is 0. The standard InChI is InChI=1S/C17H20N4O2.HI/c1-22-16-10-12(6-8-19-16)11-20-17(18)21-14-7-9-23-15-5-3-2-4-13(14)15;/h2-6,8,10,14H,7,9,11H2,1H3,(H3,18,20,21);1H. The number of ether oxygens (including phenoxy) is 2. The van der Waals surface area contributed by atoms with E-state index in [9.17, 15) is 0 Å². The molecule has 6 nitrogen and oxygen atoms in total. The Labute approximate surface area is 158 Å². The summed E-state index contributed by atoms with van der Waals surface area (Å²) in [6, 6.07) is 11.8. The zero-order valence-electron chi connectivity index (χ0n) is 13.4. The third kappa shape index (κ3) is 4.50. The molecule has 0 saturated heterocycles. The number of hydrogen-bond acceptors (Lipinski definition) is 4. The molecule has 7 heteroatoms. The van der Waals surface area contributed by atoms with E-state index in [-0.39, 0.29) is 30.0 Å². The van der Waals surface area contributed by atoms with Gasteiger partial charge in [0.2, 0.25) is 5.88 Å². The Balaban J connectivity index is 0.00000208. The smallest absolute Gasteiger partial charge is 0.213 e. The summed E-state index contributed by atoms with van der Waals surface area (Å²) >= 11 is 0. The summed E-state index contributed by atoms with van der Waals surface area (Å²) in [5.74, 6) is 1.90. The molecule has 3 N–H and O–H groups in total. The fourth-order valence-corrected chi connectivity index (χ4v) is 2.55. The molecule has 2 aromatic rings. The molecule has 1 aliphatic rings. The number of methoxy groups -OCH3 is 1. The average molecular weight is 440 g/mol. The molecule has 1 aromatic carbocycles. The number of nitrogens with two attached hydrogens (primary N) is 1. The Kier molecular flexibility index (Phi) is 6.65. The van der Waals surface area contributed by atoms with Crippen molar-refractivity contribution >= 4 is 29.9 Å². The minimum Gasteiger partial charge on any atom is -0.493 e. The second-order valence-electron chi connectivity index (χ2n) is 5.28. The van der Waals surface area contributed by atoms with Crippen LogP contribution in [0.2, 0.25) is 0 Å². The molecule has 24 heavy (non-hydrogen) atoms. The van der Waals surface area contributed by atoms with Crippen molar-refractivity contribution in [1.82, 2.24) is 10.3 Å².